The molecule has 19 heavy (non-hydrogen) atoms. The standard InChI is InChI=1S/C17H23OP/c1-11-13(6-5-7-15(11)19-18)14-10-12-8-9-17(14,4)16(12,2)3/h5-7,12,14H,8-10H2,1-4H3. The van der Waals surface area contributed by atoms with E-state index in [-0.39, 0.29) is 8.46 Å². The first-order valence-electron chi connectivity index (χ1n) is 7.34. The SMILES string of the molecule is Cc1c(P=O)cccc1C1CC2CCC1(C)C2(C)C. The van der Waals surface area contributed by atoms with Gasteiger partial charge in [-0.3, -0.25) is 4.57 Å². The van der Waals surface area contributed by atoms with E-state index in [4.69, 9.17) is 0 Å². The van der Waals surface area contributed by atoms with E-state index in [0.29, 0.717) is 16.7 Å². The van der Waals surface area contributed by atoms with E-state index in [1.165, 1.54) is 30.4 Å². The van der Waals surface area contributed by atoms with Gasteiger partial charge >= 0.3 is 0 Å². The van der Waals surface area contributed by atoms with Crippen molar-refractivity contribution < 1.29 is 4.57 Å². The van der Waals surface area contributed by atoms with Gasteiger partial charge in [0.25, 0.3) is 0 Å². The molecule has 0 aliphatic heterocycles. The smallest absolute Gasteiger partial charge is 0.192 e. The highest BCUT2D eigenvalue weighted by molar-refractivity contribution is 7.34. The quantitative estimate of drug-likeness (QED) is 0.705. The second-order valence-corrected chi connectivity index (χ2v) is 7.91. The Morgan fingerprint density at radius 3 is 2.53 bits per heavy atom. The monoisotopic (exact) mass is 274 g/mol. The first-order valence-corrected chi connectivity index (χ1v) is 8.16. The Hall–Kier alpha value is -0.680. The number of fused-ring (bicyclic) bond motifs is 2. The zero-order valence-corrected chi connectivity index (χ0v) is 13.3. The first kappa shape index (κ1) is 13.3. The van der Waals surface area contributed by atoms with Crippen molar-refractivity contribution in [2.75, 3.05) is 0 Å². The van der Waals surface area contributed by atoms with Gasteiger partial charge in [-0.05, 0) is 66.0 Å². The van der Waals surface area contributed by atoms with Gasteiger partial charge in [0.05, 0.1) is 0 Å². The maximum atomic E-state index is 11.3. The van der Waals surface area contributed by atoms with Crippen LogP contribution in [-0.4, -0.2) is 0 Å². The van der Waals surface area contributed by atoms with Crippen LogP contribution >= 0.6 is 8.46 Å². The maximum Gasteiger partial charge on any atom is 0.192 e. The Bertz CT molecular complexity index is 534. The Morgan fingerprint density at radius 1 is 1.26 bits per heavy atom. The van der Waals surface area contributed by atoms with E-state index in [1.54, 1.807) is 0 Å². The second kappa shape index (κ2) is 4.16. The maximum absolute atomic E-state index is 11.3. The van der Waals surface area contributed by atoms with Crippen LogP contribution in [0.3, 0.4) is 0 Å². The molecular weight excluding hydrogens is 251 g/mol. The summed E-state index contributed by atoms with van der Waals surface area (Å²) in [7, 11) is 0.154. The van der Waals surface area contributed by atoms with Crippen LogP contribution in [0.4, 0.5) is 0 Å². The number of hydrogen-bond donors (Lipinski definition) is 0. The summed E-state index contributed by atoms with van der Waals surface area (Å²) in [4.78, 5) is 0. The van der Waals surface area contributed by atoms with E-state index < -0.39 is 0 Å². The van der Waals surface area contributed by atoms with Crippen molar-refractivity contribution in [1.29, 1.82) is 0 Å². The minimum atomic E-state index is 0.154. The predicted molar refractivity (Wildman–Crippen MR) is 80.4 cm³/mol. The van der Waals surface area contributed by atoms with Crippen molar-refractivity contribution in [3.63, 3.8) is 0 Å². The Kier molecular flexibility index (Phi) is 2.91. The molecule has 2 bridgehead atoms. The molecule has 0 amide bonds. The summed E-state index contributed by atoms with van der Waals surface area (Å²) in [6.07, 6.45) is 4.04. The van der Waals surface area contributed by atoms with Gasteiger partial charge in [0.15, 0.2) is 8.46 Å². The van der Waals surface area contributed by atoms with Crippen LogP contribution in [0.15, 0.2) is 18.2 Å². The summed E-state index contributed by atoms with van der Waals surface area (Å²) in [5.41, 5.74) is 3.53. The molecule has 1 aromatic carbocycles. The molecule has 0 spiro atoms. The van der Waals surface area contributed by atoms with E-state index in [1.807, 2.05) is 6.07 Å². The molecule has 1 aromatic rings. The zero-order valence-electron chi connectivity index (χ0n) is 12.4. The second-order valence-electron chi connectivity index (χ2n) is 7.25. The average molecular weight is 274 g/mol. The van der Waals surface area contributed by atoms with Gasteiger partial charge in [0.1, 0.15) is 0 Å². The van der Waals surface area contributed by atoms with Crippen LogP contribution < -0.4 is 5.30 Å². The van der Waals surface area contributed by atoms with E-state index in [0.717, 1.165) is 11.2 Å². The summed E-state index contributed by atoms with van der Waals surface area (Å²) >= 11 is 0. The van der Waals surface area contributed by atoms with Crippen molar-refractivity contribution in [3.05, 3.63) is 29.3 Å². The van der Waals surface area contributed by atoms with Gasteiger partial charge in [0, 0.05) is 5.30 Å². The van der Waals surface area contributed by atoms with Crippen molar-refractivity contribution >= 4 is 13.8 Å². The highest BCUT2D eigenvalue weighted by Crippen LogP contribution is 2.71. The zero-order chi connectivity index (χ0) is 13.8. The number of benzene rings is 1. The summed E-state index contributed by atoms with van der Waals surface area (Å²) in [5, 5.41) is 0.960. The van der Waals surface area contributed by atoms with Gasteiger partial charge in [0.2, 0.25) is 0 Å². The Labute approximate surface area is 118 Å². The van der Waals surface area contributed by atoms with Crippen LogP contribution in [0.25, 0.3) is 0 Å². The fraction of sp³-hybridized carbons (Fsp3) is 0.647. The topological polar surface area (TPSA) is 17.1 Å². The number of hydrogen-bond acceptors (Lipinski definition) is 1. The minimum Gasteiger partial charge on any atom is -0.269 e. The molecule has 2 fully saturated rings. The molecule has 0 N–H and O–H groups in total. The number of rotatable bonds is 2. The molecule has 0 saturated heterocycles. The lowest BCUT2D eigenvalue weighted by Gasteiger charge is -2.40. The van der Waals surface area contributed by atoms with Crippen LogP contribution in [-0.2, 0) is 4.57 Å². The van der Waals surface area contributed by atoms with E-state index >= 15 is 0 Å². The fourth-order valence-corrected chi connectivity index (χ4v) is 5.20. The highest BCUT2D eigenvalue weighted by Gasteiger charge is 2.61. The highest BCUT2D eigenvalue weighted by atomic mass is 31.1. The Morgan fingerprint density at radius 2 is 2.00 bits per heavy atom. The molecule has 1 nitrogen and oxygen atoms in total. The fourth-order valence-electron chi connectivity index (χ4n) is 4.79. The summed E-state index contributed by atoms with van der Waals surface area (Å²) in [6.45, 7) is 9.52. The molecule has 3 atom stereocenters. The van der Waals surface area contributed by atoms with Gasteiger partial charge in [-0.15, -0.1) is 0 Å². The molecule has 2 heteroatoms. The normalized spacial score (nSPS) is 36.0. The molecule has 0 heterocycles. The average Bonchev–Trinajstić information content (AvgIpc) is 2.71. The molecule has 2 aliphatic carbocycles. The van der Waals surface area contributed by atoms with Crippen LogP contribution in [0, 0.1) is 23.7 Å². The lowest BCUT2D eigenvalue weighted by atomic mass is 9.64. The lowest BCUT2D eigenvalue weighted by Crippen LogP contribution is -2.31. The first-order chi connectivity index (χ1) is 8.91. The van der Waals surface area contributed by atoms with Gasteiger partial charge in [-0.1, -0.05) is 32.9 Å². The van der Waals surface area contributed by atoms with Crippen molar-refractivity contribution in [2.45, 2.75) is 52.9 Å². The Balaban J connectivity index is 2.08. The van der Waals surface area contributed by atoms with Gasteiger partial charge in [-0.25, -0.2) is 0 Å². The molecule has 2 aliphatic rings. The summed E-state index contributed by atoms with van der Waals surface area (Å²) in [6, 6.07) is 6.32. The molecule has 2 saturated carbocycles. The summed E-state index contributed by atoms with van der Waals surface area (Å²) in [5.74, 6) is 1.50. The van der Waals surface area contributed by atoms with E-state index in [9.17, 15) is 4.57 Å². The summed E-state index contributed by atoms with van der Waals surface area (Å²) < 4.78 is 11.3. The predicted octanol–water partition coefficient (Wildman–Crippen LogP) is 4.84. The van der Waals surface area contributed by atoms with Crippen LogP contribution in [0.5, 0.6) is 0 Å². The van der Waals surface area contributed by atoms with E-state index in [2.05, 4.69) is 39.8 Å². The molecule has 102 valence electrons. The van der Waals surface area contributed by atoms with Crippen LogP contribution in [0.1, 0.15) is 57.1 Å². The largest absolute Gasteiger partial charge is 0.269 e. The third-order valence-corrected chi connectivity index (χ3v) is 7.30. The minimum absolute atomic E-state index is 0.154. The third-order valence-electron chi connectivity index (χ3n) is 6.61. The van der Waals surface area contributed by atoms with Crippen molar-refractivity contribution in [2.24, 2.45) is 16.7 Å². The van der Waals surface area contributed by atoms with Crippen molar-refractivity contribution in [3.8, 4) is 0 Å². The molecule has 0 radical (unpaired) electrons. The van der Waals surface area contributed by atoms with Gasteiger partial charge < -0.3 is 0 Å². The van der Waals surface area contributed by atoms with Gasteiger partial charge in [-0.2, -0.15) is 0 Å². The van der Waals surface area contributed by atoms with Crippen molar-refractivity contribution in [1.82, 2.24) is 0 Å². The lowest BCUT2D eigenvalue weighted by molar-refractivity contribution is 0.134. The van der Waals surface area contributed by atoms with Crippen LogP contribution in [0.2, 0.25) is 0 Å². The molecular formula is C17H23OP. The molecule has 0 aromatic heterocycles. The molecule has 3 rings (SSSR count). The molecule has 3 unspecified atom stereocenters. The third kappa shape index (κ3) is 1.61.